The monoisotopic (exact) mass is 210 g/mol. The van der Waals surface area contributed by atoms with Crippen molar-refractivity contribution in [1.29, 1.82) is 0 Å². The summed E-state index contributed by atoms with van der Waals surface area (Å²) in [5, 5.41) is 12.9. The minimum absolute atomic E-state index is 0.0397. The molecular weight excluding hydrogens is 200 g/mol. The topological polar surface area (TPSA) is 158 Å². The number of likely N-dealkylation sites (N-methyl/N-ethyl adjacent to an activating group) is 1. The van der Waals surface area contributed by atoms with E-state index < -0.39 is 5.54 Å². The van der Waals surface area contributed by atoms with Crippen LogP contribution >= 0.6 is 0 Å². The third kappa shape index (κ3) is 4.61. The number of azide groups is 3. The van der Waals surface area contributed by atoms with E-state index in [1.54, 1.807) is 7.05 Å². The molecule has 0 amide bonds. The van der Waals surface area contributed by atoms with Gasteiger partial charge >= 0.3 is 0 Å². The summed E-state index contributed by atoms with van der Waals surface area (Å²) in [6.45, 7) is 0.119. The first-order chi connectivity index (χ1) is 7.24. The summed E-state index contributed by atoms with van der Waals surface area (Å²) in [6.07, 6.45) is 0. The zero-order chi connectivity index (χ0) is 11.6. The van der Waals surface area contributed by atoms with E-state index in [9.17, 15) is 0 Å². The highest BCUT2D eigenvalue weighted by Crippen LogP contribution is 2.07. The standard InChI is InChI=1S/C5H10N10/c1-9-5(2-10-13-6,3-11-14-7)4-12-15-8/h9H,2-4H2,1H3. The van der Waals surface area contributed by atoms with Crippen LogP contribution in [0.5, 0.6) is 0 Å². The zero-order valence-corrected chi connectivity index (χ0v) is 8.15. The molecule has 0 aliphatic rings. The Morgan fingerprint density at radius 3 is 1.47 bits per heavy atom. The summed E-state index contributed by atoms with van der Waals surface area (Å²) in [5.74, 6) is 0. The van der Waals surface area contributed by atoms with E-state index in [2.05, 4.69) is 35.4 Å². The molecule has 0 aliphatic carbocycles. The van der Waals surface area contributed by atoms with Gasteiger partial charge in [0.25, 0.3) is 0 Å². The molecule has 0 heterocycles. The average Bonchev–Trinajstić information content (AvgIpc) is 2.29. The van der Waals surface area contributed by atoms with Crippen molar-refractivity contribution in [2.45, 2.75) is 5.54 Å². The summed E-state index contributed by atoms with van der Waals surface area (Å²) in [5.41, 5.74) is 23.8. The van der Waals surface area contributed by atoms with Gasteiger partial charge in [0.1, 0.15) is 0 Å². The van der Waals surface area contributed by atoms with Gasteiger partial charge in [0.05, 0.1) is 0 Å². The van der Waals surface area contributed by atoms with E-state index in [-0.39, 0.29) is 19.6 Å². The first kappa shape index (κ1) is 12.9. The summed E-state index contributed by atoms with van der Waals surface area (Å²) in [6, 6.07) is 0. The lowest BCUT2D eigenvalue weighted by atomic mass is 10.0. The van der Waals surface area contributed by atoms with Crippen molar-refractivity contribution in [2.75, 3.05) is 26.7 Å². The van der Waals surface area contributed by atoms with Crippen LogP contribution in [0.3, 0.4) is 0 Å². The Kier molecular flexibility index (Phi) is 6.28. The molecule has 0 bridgehead atoms. The third-order valence-electron chi connectivity index (χ3n) is 1.84. The third-order valence-corrected chi connectivity index (χ3v) is 1.84. The molecule has 0 aromatic rings. The fourth-order valence-electron chi connectivity index (χ4n) is 0.888. The lowest BCUT2D eigenvalue weighted by molar-refractivity contribution is 0.378. The molecule has 0 aromatic heterocycles. The molecule has 0 rings (SSSR count). The second-order valence-electron chi connectivity index (χ2n) is 2.70. The Hall–Kier alpha value is -2.11. The van der Waals surface area contributed by atoms with Crippen molar-refractivity contribution < 1.29 is 0 Å². The number of nitrogens with zero attached hydrogens (tertiary/aromatic N) is 9. The Bertz CT molecular complexity index is 277. The van der Waals surface area contributed by atoms with Crippen molar-refractivity contribution in [3.8, 4) is 0 Å². The van der Waals surface area contributed by atoms with Crippen LogP contribution < -0.4 is 5.32 Å². The number of rotatable bonds is 7. The van der Waals surface area contributed by atoms with Gasteiger partial charge < -0.3 is 5.32 Å². The van der Waals surface area contributed by atoms with Crippen LogP contribution in [0.4, 0.5) is 0 Å². The van der Waals surface area contributed by atoms with E-state index in [0.29, 0.717) is 0 Å². The number of nitrogens with one attached hydrogen (secondary N) is 1. The predicted octanol–water partition coefficient (Wildman–Crippen LogP) is 1.88. The maximum absolute atomic E-state index is 8.20. The lowest BCUT2D eigenvalue weighted by Gasteiger charge is -2.28. The maximum Gasteiger partial charge on any atom is 0.0443 e. The summed E-state index contributed by atoms with van der Waals surface area (Å²) < 4.78 is 0. The lowest BCUT2D eigenvalue weighted by Crippen LogP contribution is -2.51. The van der Waals surface area contributed by atoms with Gasteiger partial charge in [-0.25, -0.2) is 0 Å². The van der Waals surface area contributed by atoms with Gasteiger partial charge in [0, 0.05) is 39.9 Å². The highest BCUT2D eigenvalue weighted by molar-refractivity contribution is 4.94. The number of hydrogen-bond donors (Lipinski definition) is 1. The highest BCUT2D eigenvalue weighted by Gasteiger charge is 2.25. The molecule has 0 atom stereocenters. The van der Waals surface area contributed by atoms with Crippen LogP contribution in [0, 0.1) is 0 Å². The van der Waals surface area contributed by atoms with Crippen molar-refractivity contribution in [3.63, 3.8) is 0 Å². The molecular formula is C5H10N10. The second kappa shape index (κ2) is 7.31. The Morgan fingerprint density at radius 2 is 1.27 bits per heavy atom. The van der Waals surface area contributed by atoms with Crippen molar-refractivity contribution in [3.05, 3.63) is 31.3 Å². The van der Waals surface area contributed by atoms with Crippen molar-refractivity contribution in [1.82, 2.24) is 5.32 Å². The predicted molar refractivity (Wildman–Crippen MR) is 53.8 cm³/mol. The van der Waals surface area contributed by atoms with Gasteiger partial charge in [0.2, 0.25) is 0 Å². The molecule has 10 heteroatoms. The van der Waals surface area contributed by atoms with Gasteiger partial charge in [-0.3, -0.25) is 0 Å². The van der Waals surface area contributed by atoms with Crippen LogP contribution in [0.2, 0.25) is 0 Å². The van der Waals surface area contributed by atoms with Crippen LogP contribution in [0.15, 0.2) is 15.3 Å². The smallest absolute Gasteiger partial charge is 0.0443 e. The first-order valence-corrected chi connectivity index (χ1v) is 3.96. The molecule has 0 spiro atoms. The summed E-state index contributed by atoms with van der Waals surface area (Å²) in [4.78, 5) is 7.80. The molecule has 0 aliphatic heterocycles. The molecule has 0 fully saturated rings. The van der Waals surface area contributed by atoms with E-state index in [4.69, 9.17) is 16.6 Å². The summed E-state index contributed by atoms with van der Waals surface area (Å²) >= 11 is 0. The highest BCUT2D eigenvalue weighted by atomic mass is 15.2. The van der Waals surface area contributed by atoms with Crippen LogP contribution in [-0.4, -0.2) is 32.2 Å². The second-order valence-corrected chi connectivity index (χ2v) is 2.70. The molecule has 0 radical (unpaired) electrons. The van der Waals surface area contributed by atoms with Crippen LogP contribution in [0.25, 0.3) is 31.3 Å². The summed E-state index contributed by atoms with van der Waals surface area (Å²) in [7, 11) is 1.60. The molecule has 1 N–H and O–H groups in total. The SMILES string of the molecule is CNC(CN=[N+]=[N-])(CN=[N+]=[N-])CN=[N+]=[N-]. The first-order valence-electron chi connectivity index (χ1n) is 3.96. The van der Waals surface area contributed by atoms with Gasteiger partial charge in [-0.2, -0.15) is 0 Å². The van der Waals surface area contributed by atoms with Crippen LogP contribution in [0.1, 0.15) is 0 Å². The molecule has 0 saturated carbocycles. The van der Waals surface area contributed by atoms with E-state index in [1.807, 2.05) is 0 Å². The van der Waals surface area contributed by atoms with Gasteiger partial charge in [-0.15, -0.1) is 0 Å². The minimum Gasteiger partial charge on any atom is -0.314 e. The molecule has 0 unspecified atom stereocenters. The van der Waals surface area contributed by atoms with Crippen molar-refractivity contribution >= 4 is 0 Å². The van der Waals surface area contributed by atoms with Crippen LogP contribution in [-0.2, 0) is 0 Å². The van der Waals surface area contributed by atoms with Gasteiger partial charge in [-0.1, -0.05) is 15.3 Å². The molecule has 15 heavy (non-hydrogen) atoms. The Labute approximate surface area is 85.2 Å². The van der Waals surface area contributed by atoms with Gasteiger partial charge in [-0.05, 0) is 23.6 Å². The molecule has 0 saturated heterocycles. The number of hydrogen-bond acceptors (Lipinski definition) is 4. The molecule has 10 nitrogen and oxygen atoms in total. The maximum atomic E-state index is 8.20. The molecule has 80 valence electrons. The Balaban J connectivity index is 4.78. The minimum atomic E-state index is -0.815. The quantitative estimate of drug-likeness (QED) is 0.379. The van der Waals surface area contributed by atoms with Crippen molar-refractivity contribution in [2.24, 2.45) is 15.3 Å². The molecule has 0 aromatic carbocycles. The van der Waals surface area contributed by atoms with Gasteiger partial charge in [0.15, 0.2) is 0 Å². The van der Waals surface area contributed by atoms with E-state index in [1.165, 1.54) is 0 Å². The fourth-order valence-corrected chi connectivity index (χ4v) is 0.888. The van der Waals surface area contributed by atoms with E-state index >= 15 is 0 Å². The van der Waals surface area contributed by atoms with E-state index in [0.717, 1.165) is 0 Å². The Morgan fingerprint density at radius 1 is 0.933 bits per heavy atom. The normalized spacial score (nSPS) is 12.6. The fraction of sp³-hybridized carbons (Fsp3) is 1.00. The average molecular weight is 210 g/mol. The zero-order valence-electron chi connectivity index (χ0n) is 8.15. The largest absolute Gasteiger partial charge is 0.314 e.